The number of oxazole rings is 3. The predicted octanol–water partition coefficient (Wildman–Crippen LogP) is 19.4. The number of ether oxygens (including phenoxy) is 7. The van der Waals surface area contributed by atoms with E-state index in [9.17, 15) is 29.1 Å². The summed E-state index contributed by atoms with van der Waals surface area (Å²) in [6.45, 7) is 37.1. The van der Waals surface area contributed by atoms with E-state index in [1.165, 1.54) is 28.9 Å². The smallest absolute Gasteiger partial charge is 0.415 e. The third-order valence-electron chi connectivity index (χ3n) is 20.6. The molecule has 0 saturated heterocycles. The maximum absolute atomic E-state index is 13.2. The second kappa shape index (κ2) is 44.4. The molecule has 7 aromatic rings. The lowest BCUT2D eigenvalue weighted by atomic mass is 9.84. The molecule has 620 valence electrons. The van der Waals surface area contributed by atoms with Crippen molar-refractivity contribution in [1.29, 1.82) is 0 Å². The molecule has 3 heterocycles. The van der Waals surface area contributed by atoms with Gasteiger partial charge in [0.05, 0.1) is 45.2 Å². The molecule has 4 N–H and O–H groups in total. The number of hydrogen-bond donors (Lipinski definition) is 3. The molecule has 22 heteroatoms. The Bertz CT molecular complexity index is 4090. The van der Waals surface area contributed by atoms with Crippen molar-refractivity contribution < 1.29 is 75.5 Å². The summed E-state index contributed by atoms with van der Waals surface area (Å²) in [6, 6.07) is 29.3. The first-order valence-corrected chi connectivity index (χ1v) is 40.7. The number of benzene rings is 4. The van der Waals surface area contributed by atoms with Gasteiger partial charge in [0.15, 0.2) is 0 Å². The number of amides is 1. The minimum atomic E-state index is -1.05. The lowest BCUT2D eigenvalue weighted by molar-refractivity contribution is -0.159. The Labute approximate surface area is 671 Å². The first kappa shape index (κ1) is 91.6. The summed E-state index contributed by atoms with van der Waals surface area (Å²) in [5.41, 5.74) is 13.7. The summed E-state index contributed by atoms with van der Waals surface area (Å²) in [6.07, 6.45) is 15.8. The molecule has 0 spiro atoms. The van der Waals surface area contributed by atoms with Gasteiger partial charge in [0.1, 0.15) is 81.5 Å². The number of aldehydes is 1. The number of rotatable bonds is 30. The van der Waals surface area contributed by atoms with Crippen molar-refractivity contribution in [3.63, 3.8) is 0 Å². The zero-order valence-corrected chi connectivity index (χ0v) is 70.8. The molecule has 6 unspecified atom stereocenters. The molecule has 22 nitrogen and oxygen atoms in total. The normalized spacial score (nSPS) is 18.6. The Balaban J connectivity index is 0.000000224. The van der Waals surface area contributed by atoms with Crippen LogP contribution in [-0.4, -0.2) is 123 Å². The van der Waals surface area contributed by atoms with Crippen LogP contribution in [0.2, 0.25) is 0 Å². The van der Waals surface area contributed by atoms with Crippen LogP contribution in [0.4, 0.5) is 4.79 Å². The highest BCUT2D eigenvalue weighted by molar-refractivity contribution is 5.81. The molecule has 0 radical (unpaired) electrons. The lowest BCUT2D eigenvalue weighted by Crippen LogP contribution is -2.50. The van der Waals surface area contributed by atoms with E-state index in [0.717, 1.165) is 140 Å². The molecule has 1 amide bonds. The van der Waals surface area contributed by atoms with Crippen molar-refractivity contribution in [2.75, 3.05) is 20.2 Å². The van der Waals surface area contributed by atoms with Gasteiger partial charge >= 0.3 is 24.0 Å². The van der Waals surface area contributed by atoms with Gasteiger partial charge in [-0.3, -0.25) is 14.5 Å². The number of methoxy groups -OCH3 is 1. The van der Waals surface area contributed by atoms with Crippen LogP contribution in [0.3, 0.4) is 0 Å². The van der Waals surface area contributed by atoms with Crippen LogP contribution < -0.4 is 20.5 Å². The fraction of sp³-hybridized carbons (Fsp3) is 0.582. The Morgan fingerprint density at radius 1 is 0.549 bits per heavy atom. The molecule has 9 atom stereocenters. The van der Waals surface area contributed by atoms with E-state index in [4.69, 9.17) is 57.1 Å². The average molecular weight is 1560 g/mol. The molecule has 3 aliphatic rings. The van der Waals surface area contributed by atoms with Crippen LogP contribution in [0.5, 0.6) is 11.5 Å². The highest BCUT2D eigenvalue weighted by Gasteiger charge is 2.36. The number of nitrogens with two attached hydrogens (primary N) is 1. The van der Waals surface area contributed by atoms with E-state index in [0.29, 0.717) is 79.6 Å². The van der Waals surface area contributed by atoms with Gasteiger partial charge in [0.2, 0.25) is 17.7 Å². The van der Waals surface area contributed by atoms with Crippen molar-refractivity contribution in [1.82, 2.24) is 25.2 Å². The number of carbonyl (C=O) groups is 5. The molecule has 3 aliphatic carbocycles. The Kier molecular flexibility index (Phi) is 36.0. The highest BCUT2D eigenvalue weighted by Crippen LogP contribution is 2.35. The second-order valence-electron chi connectivity index (χ2n) is 33.8. The van der Waals surface area contributed by atoms with E-state index in [1.54, 1.807) is 45.2 Å². The lowest BCUT2D eigenvalue weighted by Gasteiger charge is -2.34. The first-order valence-electron chi connectivity index (χ1n) is 40.7. The Hall–Kier alpha value is -8.54. The topological polar surface area (TPSA) is 290 Å². The highest BCUT2D eigenvalue weighted by atomic mass is 16.6. The molecule has 3 saturated carbocycles. The summed E-state index contributed by atoms with van der Waals surface area (Å²) in [4.78, 5) is 75.3. The van der Waals surface area contributed by atoms with Crippen LogP contribution in [0.25, 0.3) is 34.4 Å². The maximum atomic E-state index is 13.2. The van der Waals surface area contributed by atoms with Crippen molar-refractivity contribution in [2.24, 2.45) is 41.2 Å². The molecule has 113 heavy (non-hydrogen) atoms. The number of nitrogens with zero attached hydrogens (tertiary/aromatic N) is 4. The average Bonchev–Trinajstić information content (AvgIpc) is 1.81. The summed E-state index contributed by atoms with van der Waals surface area (Å²) in [5, 5.41) is 13.4. The molecular weight excluding hydrogens is 1430 g/mol. The number of hydrogen-bond acceptors (Lipinski definition) is 20. The van der Waals surface area contributed by atoms with Crippen LogP contribution in [0.1, 0.15) is 230 Å². The fourth-order valence-electron chi connectivity index (χ4n) is 14.3. The monoisotopic (exact) mass is 1560 g/mol. The van der Waals surface area contributed by atoms with E-state index in [2.05, 4.69) is 67.2 Å². The van der Waals surface area contributed by atoms with E-state index in [-0.39, 0.29) is 60.6 Å². The SMILES string of the molecule is CC(C)[C@H](N)C(=O)OC(C)(C)C.COc1ccc(OC(=O)N(CCC2CCCC(OCc3nc(-c4cccc(C)c4)oc3C)C2)[C@H](C(=O)O)C(C)C)cc1.Cc1cccc(-c2nc(COC3CCCC(CC=O)C3)c(C)o2)c1.Cc1cccc(-c2nc(COC3CCCC(CCN[C@H](C(=O)OC(C)(C)C)C(C)C)C3)c(C)o2)c1. The fourth-order valence-corrected chi connectivity index (χ4v) is 14.3. The largest absolute Gasteiger partial charge is 0.497 e. The van der Waals surface area contributed by atoms with E-state index in [1.807, 2.05) is 132 Å². The van der Waals surface area contributed by atoms with Crippen LogP contribution >= 0.6 is 0 Å². The third-order valence-corrected chi connectivity index (χ3v) is 20.6. The van der Waals surface area contributed by atoms with Crippen LogP contribution in [0, 0.1) is 77.0 Å². The summed E-state index contributed by atoms with van der Waals surface area (Å²) < 4.78 is 57.8. The molecule has 10 rings (SSSR count). The first-order chi connectivity index (χ1) is 53.5. The summed E-state index contributed by atoms with van der Waals surface area (Å²) in [7, 11) is 1.56. The minimum absolute atomic E-state index is 0.0577. The van der Waals surface area contributed by atoms with Crippen LogP contribution in [0.15, 0.2) is 110 Å². The van der Waals surface area contributed by atoms with Crippen molar-refractivity contribution in [2.45, 2.75) is 288 Å². The Morgan fingerprint density at radius 2 is 0.947 bits per heavy atom. The molecule has 0 bridgehead atoms. The van der Waals surface area contributed by atoms with E-state index >= 15 is 0 Å². The second-order valence-corrected chi connectivity index (χ2v) is 33.8. The zero-order chi connectivity index (χ0) is 82.7. The van der Waals surface area contributed by atoms with Gasteiger partial charge in [-0.15, -0.1) is 0 Å². The Morgan fingerprint density at radius 3 is 1.32 bits per heavy atom. The summed E-state index contributed by atoms with van der Waals surface area (Å²) in [5.74, 6) is 5.10. The molecule has 3 fully saturated rings. The van der Waals surface area contributed by atoms with Gasteiger partial charge in [-0.2, -0.15) is 0 Å². The third kappa shape index (κ3) is 30.6. The number of aliphatic carboxylic acids is 1. The maximum Gasteiger partial charge on any atom is 0.415 e. The molecular formula is C91H130N6O16. The number of carboxylic acids is 1. The number of carboxylic acid groups (broad SMARTS) is 1. The minimum Gasteiger partial charge on any atom is -0.497 e. The van der Waals surface area contributed by atoms with Gasteiger partial charge < -0.3 is 67.4 Å². The van der Waals surface area contributed by atoms with E-state index < -0.39 is 35.3 Å². The number of aryl methyl sites for hydroxylation is 6. The molecule has 3 aromatic heterocycles. The van der Waals surface area contributed by atoms with Crippen LogP contribution in [-0.2, 0) is 62.7 Å². The predicted molar refractivity (Wildman–Crippen MR) is 439 cm³/mol. The standard InChI is InChI=1S/C33H42N2O7.C29H44N2O4.C20H25NO3.C9H19NO2/c1-21(2)30(32(36)37)35(33(38)42-27-14-12-26(39-5)13-15-27)17-16-24-9-7-11-28(19-24)40-20-29-23(4)41-31(34-29)25-10-6-8-22(3)18-25;1-19(2)26(28(32)35-29(5,6)7)30-15-14-22-11-9-13-24(17-22)33-18-25-21(4)34-27(31-25)23-12-8-10-20(3)16-23;1-14-5-3-7-17(11-14)20-21-19(15(2)24-20)13-23-18-8-4-6-16(12-18)9-10-22;1-6(2)7(10)8(11)12-9(3,4)5/h6,8,10,12-15,18,21,24,28,30H,7,9,11,16-17,19-20H2,1-5H3,(H,36,37);8,10,12,16,19,22,24,26,30H,9,11,13-15,17-18H2,1-7H3;3,5,7,10-11,16,18H,4,6,8-9,12-13H2,1-2H3;6-7H,10H2,1-5H3/t24?,28?,30-;22?,24?,26-;;7-/m00.0/s1. The molecule has 0 aliphatic heterocycles. The van der Waals surface area contributed by atoms with Gasteiger partial charge in [0.25, 0.3) is 0 Å². The molecule has 4 aromatic carbocycles. The quantitative estimate of drug-likeness (QED) is 0.0278. The van der Waals surface area contributed by atoms with Gasteiger partial charge in [-0.05, 0) is 244 Å². The number of carbonyl (C=O) groups excluding carboxylic acids is 4. The van der Waals surface area contributed by atoms with Gasteiger partial charge in [-0.25, -0.2) is 24.5 Å². The van der Waals surface area contributed by atoms with Crippen molar-refractivity contribution >= 4 is 30.3 Å². The summed E-state index contributed by atoms with van der Waals surface area (Å²) >= 11 is 0. The number of esters is 2. The number of aromatic nitrogens is 3. The van der Waals surface area contributed by atoms with Crippen molar-refractivity contribution in [3.05, 3.63) is 148 Å². The number of nitrogens with one attached hydrogen (secondary N) is 1. The zero-order valence-electron chi connectivity index (χ0n) is 70.8. The van der Waals surface area contributed by atoms with Gasteiger partial charge in [0, 0.05) is 29.7 Å². The van der Waals surface area contributed by atoms with Crippen molar-refractivity contribution in [3.8, 4) is 45.9 Å². The van der Waals surface area contributed by atoms with Gasteiger partial charge in [-0.1, -0.05) is 127 Å².